The Labute approximate surface area is 196 Å². The fourth-order valence-corrected chi connectivity index (χ4v) is 4.45. The van der Waals surface area contributed by atoms with Gasteiger partial charge in [0, 0.05) is 11.8 Å². The van der Waals surface area contributed by atoms with Crippen molar-refractivity contribution in [3.63, 3.8) is 0 Å². The lowest BCUT2D eigenvalue weighted by molar-refractivity contribution is 0.0935. The molecule has 3 heterocycles. The molecule has 2 aromatic carbocycles. The van der Waals surface area contributed by atoms with Crippen LogP contribution in [0.15, 0.2) is 70.5 Å². The number of carbonyl (C=O) groups is 1. The zero-order chi connectivity index (χ0) is 23.8. The molecule has 0 saturated carbocycles. The van der Waals surface area contributed by atoms with Gasteiger partial charge in [0.15, 0.2) is 0 Å². The number of rotatable bonds is 5. The number of aromatic amines is 2. The summed E-state index contributed by atoms with van der Waals surface area (Å²) in [6.45, 7) is 1.79. The number of fused-ring (bicyclic) bond motifs is 1. The van der Waals surface area contributed by atoms with Crippen molar-refractivity contribution in [2.75, 3.05) is 5.73 Å². The summed E-state index contributed by atoms with van der Waals surface area (Å²) in [6, 6.07) is 15.1. The topological polar surface area (TPSA) is 152 Å². The Bertz CT molecular complexity index is 1610. The normalized spacial score (nSPS) is 12.0. The third kappa shape index (κ3) is 3.99. The molecule has 3 aromatic heterocycles. The minimum Gasteiger partial charge on any atom is -0.392 e. The van der Waals surface area contributed by atoms with Gasteiger partial charge < -0.3 is 16.0 Å². The second kappa shape index (κ2) is 8.45. The molecule has 1 atom stereocenters. The molecule has 0 bridgehead atoms. The van der Waals surface area contributed by atoms with Crippen LogP contribution in [0.3, 0.4) is 0 Å². The van der Waals surface area contributed by atoms with Crippen molar-refractivity contribution in [2.45, 2.75) is 13.0 Å². The van der Waals surface area contributed by atoms with E-state index in [2.05, 4.69) is 20.4 Å². The highest BCUT2D eigenvalue weighted by molar-refractivity contribution is 7.20. The van der Waals surface area contributed by atoms with Crippen molar-refractivity contribution < 1.29 is 4.79 Å². The molecule has 34 heavy (non-hydrogen) atoms. The summed E-state index contributed by atoms with van der Waals surface area (Å²) in [7, 11) is 0. The molecule has 5 rings (SSSR count). The van der Waals surface area contributed by atoms with Gasteiger partial charge in [-0.1, -0.05) is 41.7 Å². The highest BCUT2D eigenvalue weighted by Gasteiger charge is 2.18. The quantitative estimate of drug-likeness (QED) is 0.308. The molecule has 11 heteroatoms. The number of carbonyl (C=O) groups excluding carboxylic acids is 1. The van der Waals surface area contributed by atoms with Gasteiger partial charge in [-0.25, -0.2) is 14.5 Å². The van der Waals surface area contributed by atoms with Crippen LogP contribution in [0.2, 0.25) is 0 Å². The Morgan fingerprint density at radius 1 is 1.12 bits per heavy atom. The van der Waals surface area contributed by atoms with E-state index < -0.39 is 23.2 Å². The maximum atomic E-state index is 12.6. The molecule has 0 saturated heterocycles. The summed E-state index contributed by atoms with van der Waals surface area (Å²) < 4.78 is 2.83. The molecule has 0 radical (unpaired) electrons. The summed E-state index contributed by atoms with van der Waals surface area (Å²) in [4.78, 5) is 44.7. The molecule has 10 nitrogen and oxygen atoms in total. The predicted octanol–water partition coefficient (Wildman–Crippen LogP) is 2.60. The maximum Gasteiger partial charge on any atom is 0.326 e. The number of nitrogens with two attached hydrogens (primary N) is 1. The highest BCUT2D eigenvalue weighted by Crippen LogP contribution is 2.27. The van der Waals surface area contributed by atoms with E-state index in [1.807, 2.05) is 59.7 Å². The van der Waals surface area contributed by atoms with E-state index in [1.54, 1.807) is 29.1 Å². The van der Waals surface area contributed by atoms with Crippen molar-refractivity contribution in [1.29, 1.82) is 0 Å². The average Bonchev–Trinajstić information content (AvgIpc) is 3.48. The number of benzene rings is 2. The van der Waals surface area contributed by atoms with Crippen molar-refractivity contribution >= 4 is 33.1 Å². The van der Waals surface area contributed by atoms with E-state index in [1.165, 1.54) is 0 Å². The molecule has 0 spiro atoms. The van der Waals surface area contributed by atoms with Crippen LogP contribution in [-0.2, 0) is 0 Å². The van der Waals surface area contributed by atoms with E-state index >= 15 is 0 Å². The molecule has 170 valence electrons. The average molecular weight is 474 g/mol. The fourth-order valence-electron chi connectivity index (χ4n) is 3.55. The zero-order valence-electron chi connectivity index (χ0n) is 17.9. The van der Waals surface area contributed by atoms with Crippen LogP contribution in [0.5, 0.6) is 0 Å². The summed E-state index contributed by atoms with van der Waals surface area (Å²) in [5, 5.41) is 7.99. The molecule has 1 amide bonds. The van der Waals surface area contributed by atoms with Gasteiger partial charge in [-0.15, -0.1) is 0 Å². The minimum absolute atomic E-state index is 0.270. The number of H-pyrrole nitrogens is 2. The van der Waals surface area contributed by atoms with E-state index in [4.69, 9.17) is 5.73 Å². The van der Waals surface area contributed by atoms with Crippen LogP contribution >= 0.6 is 11.3 Å². The number of nitrogens with zero attached hydrogens (tertiary/aromatic N) is 3. The first kappa shape index (κ1) is 21.3. The van der Waals surface area contributed by atoms with Gasteiger partial charge in [0.2, 0.25) is 5.13 Å². The summed E-state index contributed by atoms with van der Waals surface area (Å²) in [5.41, 5.74) is 6.98. The van der Waals surface area contributed by atoms with Crippen LogP contribution in [-0.4, -0.2) is 30.6 Å². The molecule has 0 aliphatic rings. The molecule has 5 aromatic rings. The van der Waals surface area contributed by atoms with E-state index in [0.717, 1.165) is 32.0 Å². The van der Waals surface area contributed by atoms with Crippen LogP contribution in [0.4, 0.5) is 5.69 Å². The number of para-hydroxylation sites is 1. The van der Waals surface area contributed by atoms with E-state index in [-0.39, 0.29) is 11.4 Å². The largest absolute Gasteiger partial charge is 0.392 e. The zero-order valence-corrected chi connectivity index (χ0v) is 18.7. The molecular weight excluding hydrogens is 454 g/mol. The Kier molecular flexibility index (Phi) is 5.30. The number of nitrogen functional groups attached to an aromatic ring is 1. The maximum absolute atomic E-state index is 12.6. The second-order valence-electron chi connectivity index (χ2n) is 7.66. The van der Waals surface area contributed by atoms with Gasteiger partial charge in [-0.05, 0) is 36.2 Å². The molecular formula is C23H19N7O3S. The second-order valence-corrected chi connectivity index (χ2v) is 8.66. The standard InChI is InChI=1S/C23H19N7O3S/c1-12(26-21(32)19-18(24)20(31)29-22(33)28-19)13-5-4-6-14(9-13)15-10-25-30(11-15)23-27-16-7-2-3-8-17(16)34-23/h2-12H,24H2,1H3,(H,26,32)(H2,28,29,31,33)/t12-/m1/s1. The minimum atomic E-state index is -0.811. The van der Waals surface area contributed by atoms with E-state index in [0.29, 0.717) is 0 Å². The summed E-state index contributed by atoms with van der Waals surface area (Å²) >= 11 is 1.56. The summed E-state index contributed by atoms with van der Waals surface area (Å²) in [6.07, 6.45) is 3.66. The molecule has 0 fully saturated rings. The van der Waals surface area contributed by atoms with Crippen LogP contribution in [0, 0.1) is 0 Å². The van der Waals surface area contributed by atoms with Crippen molar-refractivity contribution in [1.82, 2.24) is 30.0 Å². The third-order valence-corrected chi connectivity index (χ3v) is 6.36. The van der Waals surface area contributed by atoms with Crippen molar-refractivity contribution in [3.05, 3.63) is 93.0 Å². The SMILES string of the molecule is C[C@@H](NC(=O)c1[nH]c(=O)[nH]c(=O)c1N)c1cccc(-c2cnn(-c3nc4ccccc4s3)c2)c1. The molecule has 0 aliphatic heterocycles. The Morgan fingerprint density at radius 3 is 2.76 bits per heavy atom. The Balaban J connectivity index is 1.38. The van der Waals surface area contributed by atoms with Crippen molar-refractivity contribution in [3.8, 4) is 16.3 Å². The van der Waals surface area contributed by atoms with Crippen molar-refractivity contribution in [2.24, 2.45) is 0 Å². The third-order valence-electron chi connectivity index (χ3n) is 5.34. The lowest BCUT2D eigenvalue weighted by Crippen LogP contribution is -2.34. The number of hydrogen-bond donors (Lipinski definition) is 4. The summed E-state index contributed by atoms with van der Waals surface area (Å²) in [5.74, 6) is -0.651. The predicted molar refractivity (Wildman–Crippen MR) is 130 cm³/mol. The first-order valence-corrected chi connectivity index (χ1v) is 11.1. The Hall–Kier alpha value is -4.51. The van der Waals surface area contributed by atoms with Gasteiger partial charge in [0.25, 0.3) is 11.5 Å². The van der Waals surface area contributed by atoms with Crippen LogP contribution in [0.1, 0.15) is 29.0 Å². The Morgan fingerprint density at radius 2 is 1.94 bits per heavy atom. The van der Waals surface area contributed by atoms with Gasteiger partial charge >= 0.3 is 5.69 Å². The number of nitrogens with one attached hydrogen (secondary N) is 3. The molecule has 0 aliphatic carbocycles. The number of thiazole rings is 1. The smallest absolute Gasteiger partial charge is 0.326 e. The number of aromatic nitrogens is 5. The first-order valence-electron chi connectivity index (χ1n) is 10.3. The van der Waals surface area contributed by atoms with Gasteiger partial charge in [0.05, 0.1) is 22.5 Å². The van der Waals surface area contributed by atoms with Crippen LogP contribution < -0.4 is 22.3 Å². The lowest BCUT2D eigenvalue weighted by Gasteiger charge is -2.15. The highest BCUT2D eigenvalue weighted by atomic mass is 32.1. The van der Waals surface area contributed by atoms with Gasteiger partial charge in [-0.2, -0.15) is 5.10 Å². The van der Waals surface area contributed by atoms with Crippen LogP contribution in [0.25, 0.3) is 26.5 Å². The van der Waals surface area contributed by atoms with Gasteiger partial charge in [-0.3, -0.25) is 14.6 Å². The van der Waals surface area contributed by atoms with E-state index in [9.17, 15) is 14.4 Å². The number of anilines is 1. The lowest BCUT2D eigenvalue weighted by atomic mass is 10.0. The first-order chi connectivity index (χ1) is 16.4. The number of amides is 1. The molecule has 0 unspecified atom stereocenters. The van der Waals surface area contributed by atoms with Gasteiger partial charge in [0.1, 0.15) is 11.4 Å². The molecule has 5 N–H and O–H groups in total. The monoisotopic (exact) mass is 473 g/mol. The number of hydrogen-bond acceptors (Lipinski definition) is 7. The fraction of sp³-hybridized carbons (Fsp3) is 0.0870.